The molecule has 0 saturated carbocycles. The molecule has 0 bridgehead atoms. The van der Waals surface area contributed by atoms with Gasteiger partial charge in [0, 0.05) is 16.0 Å². The normalized spacial score (nSPS) is 10.7. The minimum Gasteiger partial charge on any atom is -0.464 e. The minimum absolute atomic E-state index is 0.0741. The summed E-state index contributed by atoms with van der Waals surface area (Å²) in [5, 5.41) is 1.50. The third kappa shape index (κ3) is 3.95. The van der Waals surface area contributed by atoms with Crippen LogP contribution in [-0.4, -0.2) is 11.8 Å². The van der Waals surface area contributed by atoms with E-state index < -0.39 is 5.91 Å². The highest BCUT2D eigenvalue weighted by Gasteiger charge is 2.14. The summed E-state index contributed by atoms with van der Waals surface area (Å²) in [6, 6.07) is 10.2. The third-order valence-corrected chi connectivity index (χ3v) is 4.20. The predicted molar refractivity (Wildman–Crippen MR) is 96.7 cm³/mol. The lowest BCUT2D eigenvalue weighted by atomic mass is 10.1. The van der Waals surface area contributed by atoms with E-state index in [0.717, 1.165) is 22.1 Å². The quantitative estimate of drug-likeness (QED) is 0.677. The number of fused-ring (bicyclic) bond motifs is 1. The molecule has 0 fully saturated rings. The van der Waals surface area contributed by atoms with Crippen molar-refractivity contribution in [3.63, 3.8) is 0 Å². The van der Waals surface area contributed by atoms with E-state index in [9.17, 15) is 9.59 Å². The number of hydrogen-bond acceptors (Lipinski definition) is 3. The Morgan fingerprint density at radius 1 is 1.08 bits per heavy atom. The Kier molecular flexibility index (Phi) is 4.97. The van der Waals surface area contributed by atoms with Gasteiger partial charge in [0.2, 0.25) is 5.91 Å². The summed E-state index contributed by atoms with van der Waals surface area (Å²) >= 11 is 11.8. The number of rotatable bonds is 3. The number of hydrogen-bond donors (Lipinski definition) is 2. The van der Waals surface area contributed by atoms with Crippen LogP contribution in [0, 0.1) is 6.92 Å². The van der Waals surface area contributed by atoms with Gasteiger partial charge in [-0.1, -0.05) is 35.3 Å². The summed E-state index contributed by atoms with van der Waals surface area (Å²) in [4.78, 5) is 24.1. The number of carbonyl (C=O) groups excluding carboxylic acids is 2. The van der Waals surface area contributed by atoms with Crippen LogP contribution in [0.15, 0.2) is 47.1 Å². The van der Waals surface area contributed by atoms with Gasteiger partial charge in [0.15, 0.2) is 0 Å². The van der Waals surface area contributed by atoms with Crippen LogP contribution in [0.5, 0.6) is 0 Å². The fraction of sp³-hybridized carbons (Fsp3) is 0.111. The standard InChI is InChI=1S/C18H14Cl2N2O3/c1-10-2-4-13-11(9-25-16(13)6-10)7-17(23)21-22-18(24)14-5-3-12(19)8-15(14)20/h2-6,8-9H,7H2,1H3,(H,21,23)(H,22,24). The fourth-order valence-corrected chi connectivity index (χ4v) is 2.91. The first kappa shape index (κ1) is 17.3. The Morgan fingerprint density at radius 2 is 1.88 bits per heavy atom. The van der Waals surface area contributed by atoms with Crippen LogP contribution in [0.2, 0.25) is 10.0 Å². The van der Waals surface area contributed by atoms with Crippen molar-refractivity contribution < 1.29 is 14.0 Å². The third-order valence-electron chi connectivity index (χ3n) is 3.65. The topological polar surface area (TPSA) is 71.3 Å². The van der Waals surface area contributed by atoms with E-state index in [1.807, 2.05) is 25.1 Å². The van der Waals surface area contributed by atoms with E-state index in [1.165, 1.54) is 12.1 Å². The molecule has 0 aliphatic carbocycles. The lowest BCUT2D eigenvalue weighted by Crippen LogP contribution is -2.42. The van der Waals surface area contributed by atoms with Crippen molar-refractivity contribution >= 4 is 46.0 Å². The summed E-state index contributed by atoms with van der Waals surface area (Å²) in [5.74, 6) is -0.899. The molecule has 2 N–H and O–H groups in total. The van der Waals surface area contributed by atoms with Crippen LogP contribution in [0.25, 0.3) is 11.0 Å². The number of hydrazine groups is 1. The molecule has 0 radical (unpaired) electrons. The van der Waals surface area contributed by atoms with Gasteiger partial charge in [-0.3, -0.25) is 20.4 Å². The molecular weight excluding hydrogens is 363 g/mol. The summed E-state index contributed by atoms with van der Waals surface area (Å²) in [5.41, 5.74) is 7.45. The first-order chi connectivity index (χ1) is 11.9. The summed E-state index contributed by atoms with van der Waals surface area (Å²) < 4.78 is 5.46. The van der Waals surface area contributed by atoms with Gasteiger partial charge >= 0.3 is 0 Å². The van der Waals surface area contributed by atoms with Crippen molar-refractivity contribution in [3.05, 3.63) is 69.4 Å². The lowest BCUT2D eigenvalue weighted by Gasteiger charge is -2.08. The summed E-state index contributed by atoms with van der Waals surface area (Å²) in [7, 11) is 0. The molecule has 0 unspecified atom stereocenters. The number of benzene rings is 2. The van der Waals surface area contributed by atoms with Crippen molar-refractivity contribution in [2.75, 3.05) is 0 Å². The van der Waals surface area contributed by atoms with E-state index in [0.29, 0.717) is 5.02 Å². The maximum absolute atomic E-state index is 12.1. The van der Waals surface area contributed by atoms with Gasteiger partial charge in [-0.15, -0.1) is 0 Å². The van der Waals surface area contributed by atoms with Gasteiger partial charge < -0.3 is 4.42 Å². The second-order valence-electron chi connectivity index (χ2n) is 5.56. The predicted octanol–water partition coefficient (Wildman–Crippen LogP) is 4.05. The van der Waals surface area contributed by atoms with E-state index >= 15 is 0 Å². The molecule has 0 aliphatic rings. The molecular formula is C18H14Cl2N2O3. The second-order valence-corrected chi connectivity index (χ2v) is 6.41. The van der Waals surface area contributed by atoms with Gasteiger partial charge in [-0.2, -0.15) is 0 Å². The zero-order valence-electron chi connectivity index (χ0n) is 13.2. The lowest BCUT2D eigenvalue weighted by molar-refractivity contribution is -0.121. The average Bonchev–Trinajstić information content (AvgIpc) is 2.94. The van der Waals surface area contributed by atoms with Gasteiger partial charge in [0.25, 0.3) is 5.91 Å². The molecule has 7 heteroatoms. The maximum atomic E-state index is 12.1. The zero-order chi connectivity index (χ0) is 18.0. The van der Waals surface area contributed by atoms with Crippen LogP contribution in [0.3, 0.4) is 0 Å². The SMILES string of the molecule is Cc1ccc2c(CC(=O)NNC(=O)c3ccc(Cl)cc3Cl)coc2c1. The van der Waals surface area contributed by atoms with Crippen molar-refractivity contribution in [1.29, 1.82) is 0 Å². The zero-order valence-corrected chi connectivity index (χ0v) is 14.7. The number of aryl methyl sites for hydroxylation is 1. The first-order valence-electron chi connectivity index (χ1n) is 7.45. The van der Waals surface area contributed by atoms with Gasteiger partial charge in [-0.05, 0) is 36.8 Å². The smallest absolute Gasteiger partial charge is 0.271 e. The highest BCUT2D eigenvalue weighted by molar-refractivity contribution is 6.36. The van der Waals surface area contributed by atoms with Crippen molar-refractivity contribution in [3.8, 4) is 0 Å². The number of carbonyl (C=O) groups is 2. The molecule has 3 aromatic rings. The Balaban J connectivity index is 1.63. The van der Waals surface area contributed by atoms with E-state index in [2.05, 4.69) is 10.9 Å². The average molecular weight is 377 g/mol. The maximum Gasteiger partial charge on any atom is 0.271 e. The Morgan fingerprint density at radius 3 is 2.64 bits per heavy atom. The Hall–Kier alpha value is -2.50. The minimum atomic E-state index is -0.525. The Labute approximate surface area is 153 Å². The molecule has 2 amide bonds. The molecule has 128 valence electrons. The van der Waals surface area contributed by atoms with Crippen LogP contribution < -0.4 is 10.9 Å². The van der Waals surface area contributed by atoms with Crippen LogP contribution >= 0.6 is 23.2 Å². The monoisotopic (exact) mass is 376 g/mol. The van der Waals surface area contributed by atoms with Crippen molar-refractivity contribution in [1.82, 2.24) is 10.9 Å². The Bertz CT molecular complexity index is 966. The van der Waals surface area contributed by atoms with Crippen molar-refractivity contribution in [2.45, 2.75) is 13.3 Å². The molecule has 0 spiro atoms. The molecule has 2 aromatic carbocycles. The van der Waals surface area contributed by atoms with E-state index in [-0.39, 0.29) is 22.9 Å². The van der Waals surface area contributed by atoms with Gasteiger partial charge in [-0.25, -0.2) is 0 Å². The largest absolute Gasteiger partial charge is 0.464 e. The molecule has 3 rings (SSSR count). The molecule has 0 saturated heterocycles. The van der Waals surface area contributed by atoms with Gasteiger partial charge in [0.1, 0.15) is 5.58 Å². The number of amides is 2. The molecule has 1 aromatic heterocycles. The number of halogens is 2. The molecule has 0 atom stereocenters. The van der Waals surface area contributed by atoms with Crippen molar-refractivity contribution in [2.24, 2.45) is 0 Å². The van der Waals surface area contributed by atoms with Crippen LogP contribution in [-0.2, 0) is 11.2 Å². The molecule has 5 nitrogen and oxygen atoms in total. The number of nitrogens with one attached hydrogen (secondary N) is 2. The summed E-state index contributed by atoms with van der Waals surface area (Å²) in [6.45, 7) is 1.96. The van der Waals surface area contributed by atoms with Crippen LogP contribution in [0.1, 0.15) is 21.5 Å². The first-order valence-corrected chi connectivity index (χ1v) is 8.20. The summed E-state index contributed by atoms with van der Waals surface area (Å²) in [6.07, 6.45) is 1.62. The van der Waals surface area contributed by atoms with E-state index in [1.54, 1.807) is 12.3 Å². The molecule has 25 heavy (non-hydrogen) atoms. The van der Waals surface area contributed by atoms with Gasteiger partial charge in [0.05, 0.1) is 23.3 Å². The number of furan rings is 1. The molecule has 0 aliphatic heterocycles. The molecule has 1 heterocycles. The highest BCUT2D eigenvalue weighted by atomic mass is 35.5. The van der Waals surface area contributed by atoms with E-state index in [4.69, 9.17) is 27.6 Å². The fourth-order valence-electron chi connectivity index (χ4n) is 2.41. The van der Waals surface area contributed by atoms with Crippen LogP contribution in [0.4, 0.5) is 0 Å². The second kappa shape index (κ2) is 7.17. The highest BCUT2D eigenvalue weighted by Crippen LogP contribution is 2.23.